The molecule has 2 N–H and O–H groups in total. The van der Waals surface area contributed by atoms with Gasteiger partial charge in [-0.1, -0.05) is 41.4 Å². The van der Waals surface area contributed by atoms with E-state index in [-0.39, 0.29) is 21.5 Å². The van der Waals surface area contributed by atoms with Crippen LogP contribution in [0.15, 0.2) is 47.4 Å². The highest BCUT2D eigenvalue weighted by molar-refractivity contribution is 7.89. The van der Waals surface area contributed by atoms with E-state index in [2.05, 4.69) is 0 Å². The summed E-state index contributed by atoms with van der Waals surface area (Å²) in [5.74, 6) is 0. The van der Waals surface area contributed by atoms with E-state index < -0.39 is 10.0 Å². The number of hydrogen-bond acceptors (Lipinski definition) is 3. The molecule has 0 spiro atoms. The predicted molar refractivity (Wildman–Crippen MR) is 86.0 cm³/mol. The number of anilines is 1. The molecule has 0 bridgehead atoms. The number of rotatable bonds is 4. The van der Waals surface area contributed by atoms with Crippen molar-refractivity contribution in [3.63, 3.8) is 0 Å². The SMILES string of the molecule is CN(Cc1ccccc1N)S(=O)(=O)c1cc(Cl)cc(Cl)c1. The monoisotopic (exact) mass is 344 g/mol. The van der Waals surface area contributed by atoms with Crippen molar-refractivity contribution in [2.24, 2.45) is 0 Å². The molecule has 0 saturated carbocycles. The Morgan fingerprint density at radius 3 is 2.24 bits per heavy atom. The van der Waals surface area contributed by atoms with Crippen molar-refractivity contribution in [2.75, 3.05) is 12.8 Å². The molecular weight excluding hydrogens is 331 g/mol. The summed E-state index contributed by atoms with van der Waals surface area (Å²) < 4.78 is 26.2. The zero-order valence-electron chi connectivity index (χ0n) is 11.3. The Morgan fingerprint density at radius 2 is 1.67 bits per heavy atom. The van der Waals surface area contributed by atoms with Gasteiger partial charge in [-0.15, -0.1) is 0 Å². The average Bonchev–Trinajstić information content (AvgIpc) is 2.40. The van der Waals surface area contributed by atoms with E-state index in [1.807, 2.05) is 6.07 Å². The summed E-state index contributed by atoms with van der Waals surface area (Å²) in [4.78, 5) is 0.0528. The van der Waals surface area contributed by atoms with Gasteiger partial charge in [0.2, 0.25) is 10.0 Å². The van der Waals surface area contributed by atoms with Gasteiger partial charge in [0.15, 0.2) is 0 Å². The lowest BCUT2D eigenvalue weighted by atomic mass is 10.2. The molecule has 0 aromatic heterocycles. The number of benzene rings is 2. The largest absolute Gasteiger partial charge is 0.398 e. The molecule has 21 heavy (non-hydrogen) atoms. The van der Waals surface area contributed by atoms with Gasteiger partial charge in [0.25, 0.3) is 0 Å². The van der Waals surface area contributed by atoms with Gasteiger partial charge in [-0.25, -0.2) is 8.42 Å². The van der Waals surface area contributed by atoms with Crippen LogP contribution in [0.25, 0.3) is 0 Å². The molecule has 0 atom stereocenters. The van der Waals surface area contributed by atoms with Crippen LogP contribution >= 0.6 is 23.2 Å². The Kier molecular flexibility index (Phi) is 4.78. The Bertz CT molecular complexity index is 743. The molecule has 0 amide bonds. The number of nitrogens with zero attached hydrogens (tertiary/aromatic N) is 1. The maximum absolute atomic E-state index is 12.5. The Morgan fingerprint density at radius 1 is 1.10 bits per heavy atom. The fraction of sp³-hybridized carbons (Fsp3) is 0.143. The number of sulfonamides is 1. The van der Waals surface area contributed by atoms with Crippen LogP contribution in [-0.4, -0.2) is 19.8 Å². The van der Waals surface area contributed by atoms with Gasteiger partial charge < -0.3 is 5.73 Å². The van der Waals surface area contributed by atoms with Crippen LogP contribution in [0.1, 0.15) is 5.56 Å². The van der Waals surface area contributed by atoms with Crippen LogP contribution in [0.3, 0.4) is 0 Å². The van der Waals surface area contributed by atoms with E-state index in [4.69, 9.17) is 28.9 Å². The number of para-hydroxylation sites is 1. The molecule has 0 aliphatic rings. The Labute approximate surface area is 134 Å². The number of nitrogen functional groups attached to an aromatic ring is 1. The van der Waals surface area contributed by atoms with Crippen molar-refractivity contribution in [1.29, 1.82) is 0 Å². The lowest BCUT2D eigenvalue weighted by Crippen LogP contribution is -2.26. The summed E-state index contributed by atoms with van der Waals surface area (Å²) in [5, 5.41) is 0.544. The lowest BCUT2D eigenvalue weighted by molar-refractivity contribution is 0.467. The molecule has 0 aliphatic carbocycles. The summed E-state index contributed by atoms with van der Waals surface area (Å²) in [6, 6.07) is 11.3. The molecular formula is C14H14Cl2N2O2S. The van der Waals surface area contributed by atoms with Gasteiger partial charge >= 0.3 is 0 Å². The molecule has 4 nitrogen and oxygen atoms in total. The van der Waals surface area contributed by atoms with Crippen LogP contribution in [0.2, 0.25) is 10.0 Å². The number of hydrogen-bond donors (Lipinski definition) is 1. The van der Waals surface area contributed by atoms with Crippen molar-refractivity contribution in [2.45, 2.75) is 11.4 Å². The molecule has 7 heteroatoms. The molecule has 0 heterocycles. The highest BCUT2D eigenvalue weighted by Gasteiger charge is 2.22. The van der Waals surface area contributed by atoms with Gasteiger partial charge in [0.05, 0.1) is 4.90 Å². The van der Waals surface area contributed by atoms with Crippen LogP contribution in [-0.2, 0) is 16.6 Å². The molecule has 0 saturated heterocycles. The maximum atomic E-state index is 12.5. The zero-order valence-corrected chi connectivity index (χ0v) is 13.6. The van der Waals surface area contributed by atoms with Crippen molar-refractivity contribution in [1.82, 2.24) is 4.31 Å². The maximum Gasteiger partial charge on any atom is 0.243 e. The van der Waals surface area contributed by atoms with Crippen LogP contribution in [0, 0.1) is 0 Å². The highest BCUT2D eigenvalue weighted by atomic mass is 35.5. The zero-order chi connectivity index (χ0) is 15.6. The summed E-state index contributed by atoms with van der Waals surface area (Å²) in [7, 11) is -2.21. The minimum absolute atomic E-state index is 0.0528. The molecule has 2 rings (SSSR count). The quantitative estimate of drug-likeness (QED) is 0.864. The van der Waals surface area contributed by atoms with Gasteiger partial charge in [-0.3, -0.25) is 0 Å². The summed E-state index contributed by atoms with van der Waals surface area (Å²) in [6.45, 7) is 0.166. The molecule has 2 aromatic carbocycles. The van der Waals surface area contributed by atoms with Crippen molar-refractivity contribution < 1.29 is 8.42 Å². The Balaban J connectivity index is 2.33. The third-order valence-corrected chi connectivity index (χ3v) is 5.21. The van der Waals surface area contributed by atoms with Crippen molar-refractivity contribution in [3.05, 3.63) is 58.1 Å². The first-order chi connectivity index (χ1) is 9.80. The van der Waals surface area contributed by atoms with Gasteiger partial charge in [0.1, 0.15) is 0 Å². The topological polar surface area (TPSA) is 63.4 Å². The Hall–Kier alpha value is -1.27. The minimum atomic E-state index is -3.69. The fourth-order valence-corrected chi connectivity index (χ4v) is 3.74. The minimum Gasteiger partial charge on any atom is -0.398 e. The second-order valence-corrected chi connectivity index (χ2v) is 7.48. The van der Waals surface area contributed by atoms with Crippen LogP contribution in [0.4, 0.5) is 5.69 Å². The van der Waals surface area contributed by atoms with Gasteiger partial charge in [-0.05, 0) is 29.8 Å². The molecule has 0 fully saturated rings. The first-order valence-corrected chi connectivity index (χ1v) is 8.26. The van der Waals surface area contributed by atoms with E-state index in [1.54, 1.807) is 18.2 Å². The summed E-state index contributed by atoms with van der Waals surface area (Å²) in [5.41, 5.74) is 7.11. The van der Waals surface area contributed by atoms with E-state index in [0.717, 1.165) is 5.56 Å². The van der Waals surface area contributed by atoms with Crippen LogP contribution in [0.5, 0.6) is 0 Å². The van der Waals surface area contributed by atoms with Crippen molar-refractivity contribution >= 4 is 38.9 Å². The van der Waals surface area contributed by atoms with E-state index in [1.165, 1.54) is 29.6 Å². The molecule has 0 aliphatic heterocycles. The number of nitrogens with two attached hydrogens (primary N) is 1. The normalized spacial score (nSPS) is 11.8. The first kappa shape index (κ1) is 16.1. The van der Waals surface area contributed by atoms with Crippen LogP contribution < -0.4 is 5.73 Å². The third kappa shape index (κ3) is 3.68. The second-order valence-electron chi connectivity index (χ2n) is 4.57. The highest BCUT2D eigenvalue weighted by Crippen LogP contribution is 2.25. The smallest absolute Gasteiger partial charge is 0.243 e. The number of halogens is 2. The lowest BCUT2D eigenvalue weighted by Gasteiger charge is -2.18. The standard InChI is InChI=1S/C14H14Cl2N2O2S/c1-18(9-10-4-2-3-5-14(10)17)21(19,20)13-7-11(15)6-12(16)8-13/h2-8H,9,17H2,1H3. The molecule has 0 radical (unpaired) electrons. The van der Waals surface area contributed by atoms with E-state index in [9.17, 15) is 8.42 Å². The average molecular weight is 345 g/mol. The van der Waals surface area contributed by atoms with E-state index >= 15 is 0 Å². The first-order valence-electron chi connectivity index (χ1n) is 6.06. The summed E-state index contributed by atoms with van der Waals surface area (Å²) in [6.07, 6.45) is 0. The summed E-state index contributed by atoms with van der Waals surface area (Å²) >= 11 is 11.7. The third-order valence-electron chi connectivity index (χ3n) is 2.99. The molecule has 0 unspecified atom stereocenters. The second kappa shape index (κ2) is 6.23. The van der Waals surface area contributed by atoms with Gasteiger partial charge in [-0.2, -0.15) is 4.31 Å². The van der Waals surface area contributed by atoms with Crippen molar-refractivity contribution in [3.8, 4) is 0 Å². The molecule has 2 aromatic rings. The predicted octanol–water partition coefficient (Wildman–Crippen LogP) is 3.40. The molecule has 112 valence electrons. The fourth-order valence-electron chi connectivity index (χ4n) is 1.86. The van der Waals surface area contributed by atoms with E-state index in [0.29, 0.717) is 5.69 Å². The van der Waals surface area contributed by atoms with Gasteiger partial charge in [0, 0.05) is 29.3 Å².